The fourth-order valence-electron chi connectivity index (χ4n) is 1.90. The molecule has 0 aliphatic heterocycles. The molecular weight excluding hydrogens is 310 g/mol. The van der Waals surface area contributed by atoms with Crippen LogP contribution in [0.5, 0.6) is 5.75 Å². The van der Waals surface area contributed by atoms with Crippen LogP contribution in [0.2, 0.25) is 18.1 Å². The van der Waals surface area contributed by atoms with Gasteiger partial charge in [-0.25, -0.2) is 4.98 Å². The number of thiazole rings is 1. The molecule has 0 aliphatic carbocycles. The van der Waals surface area contributed by atoms with Crippen molar-refractivity contribution in [2.24, 2.45) is 0 Å². The van der Waals surface area contributed by atoms with Crippen molar-refractivity contribution < 1.29 is 9.53 Å². The molecule has 0 aliphatic rings. The molecule has 0 saturated heterocycles. The number of benzene rings is 1. The Kier molecular flexibility index (Phi) is 4.53. The summed E-state index contributed by atoms with van der Waals surface area (Å²) in [4.78, 5) is 4.24. The van der Waals surface area contributed by atoms with E-state index in [0.29, 0.717) is 5.01 Å². The Labute approximate surface area is 138 Å². The van der Waals surface area contributed by atoms with Crippen molar-refractivity contribution >= 4 is 19.7 Å². The van der Waals surface area contributed by atoms with Crippen molar-refractivity contribution in [3.05, 3.63) is 46.4 Å². The zero-order valence-corrected chi connectivity index (χ0v) is 16.0. The molecule has 2 rings (SSSR count). The minimum atomic E-state index is -1.89. The predicted octanol–water partition coefficient (Wildman–Crippen LogP) is 4.78. The van der Waals surface area contributed by atoms with Crippen LogP contribution in [0.25, 0.3) is 0 Å². The predicted molar refractivity (Wildman–Crippen MR) is 95.1 cm³/mol. The maximum Gasteiger partial charge on any atom is 0.250 e. The van der Waals surface area contributed by atoms with Crippen molar-refractivity contribution in [3.8, 4) is 5.75 Å². The molecule has 1 aromatic heterocycles. The van der Waals surface area contributed by atoms with Crippen LogP contribution < -0.4 is 4.43 Å². The molecule has 1 aromatic carbocycles. The monoisotopic (exact) mass is 335 g/mol. The highest BCUT2D eigenvalue weighted by atomic mass is 32.1. The molecule has 0 bridgehead atoms. The molecule has 0 saturated carbocycles. The summed E-state index contributed by atoms with van der Waals surface area (Å²) < 4.78 is 6.33. The lowest BCUT2D eigenvalue weighted by atomic mass is 9.97. The van der Waals surface area contributed by atoms with E-state index in [4.69, 9.17) is 4.43 Å². The van der Waals surface area contributed by atoms with Gasteiger partial charge in [0.25, 0.3) is 0 Å². The molecule has 5 heteroatoms. The van der Waals surface area contributed by atoms with Crippen molar-refractivity contribution in [2.75, 3.05) is 0 Å². The zero-order valence-electron chi connectivity index (χ0n) is 14.2. The summed E-state index contributed by atoms with van der Waals surface area (Å²) in [6.45, 7) is 12.9. The van der Waals surface area contributed by atoms with E-state index in [-0.39, 0.29) is 5.04 Å². The number of rotatable bonds is 4. The zero-order chi connectivity index (χ0) is 16.6. The fraction of sp³-hybridized carbons (Fsp3) is 0.471. The molecule has 1 heterocycles. The first kappa shape index (κ1) is 17.2. The van der Waals surface area contributed by atoms with Crippen molar-refractivity contribution in [2.45, 2.75) is 51.4 Å². The van der Waals surface area contributed by atoms with Gasteiger partial charge in [0.15, 0.2) is 0 Å². The smallest absolute Gasteiger partial charge is 0.250 e. The van der Waals surface area contributed by atoms with Gasteiger partial charge in [0.2, 0.25) is 8.32 Å². The van der Waals surface area contributed by atoms with Gasteiger partial charge in [-0.1, -0.05) is 32.9 Å². The van der Waals surface area contributed by atoms with Crippen LogP contribution in [0.3, 0.4) is 0 Å². The van der Waals surface area contributed by atoms with Crippen LogP contribution >= 0.6 is 11.3 Å². The second-order valence-electron chi connectivity index (χ2n) is 7.30. The summed E-state index contributed by atoms with van der Waals surface area (Å²) in [5, 5.41) is 13.5. The standard InChI is InChI=1S/C17H25NO2SSi/c1-16(2,3)22(5,6)20-14-9-7-8-13(12-14)17(4,19)15-18-10-11-21-15/h7-12,19H,1-6H3. The Hall–Kier alpha value is -1.17. The normalized spacial score (nSPS) is 15.4. The Morgan fingerprint density at radius 1 is 1.18 bits per heavy atom. The van der Waals surface area contributed by atoms with Crippen LogP contribution in [0, 0.1) is 0 Å². The third kappa shape index (κ3) is 3.42. The third-order valence-electron chi connectivity index (χ3n) is 4.42. The highest BCUT2D eigenvalue weighted by molar-refractivity contribution is 7.09. The Morgan fingerprint density at radius 3 is 2.41 bits per heavy atom. The molecule has 2 aromatic rings. The van der Waals surface area contributed by atoms with Gasteiger partial charge in [0.1, 0.15) is 16.4 Å². The number of hydrogen-bond donors (Lipinski definition) is 1. The second kappa shape index (κ2) is 5.79. The molecular formula is C17H25NO2SSi. The Morgan fingerprint density at radius 2 is 1.86 bits per heavy atom. The molecule has 0 amide bonds. The average Bonchev–Trinajstić information content (AvgIpc) is 2.91. The van der Waals surface area contributed by atoms with Crippen LogP contribution in [0.15, 0.2) is 35.8 Å². The minimum absolute atomic E-state index is 0.140. The Bertz CT molecular complexity index is 630. The first-order chi connectivity index (χ1) is 10.0. The lowest BCUT2D eigenvalue weighted by molar-refractivity contribution is 0.102. The summed E-state index contributed by atoms with van der Waals surface area (Å²) in [6.07, 6.45) is 1.71. The highest BCUT2D eigenvalue weighted by Gasteiger charge is 2.39. The SMILES string of the molecule is CC(O)(c1cccc(O[Si](C)(C)C(C)(C)C)c1)c1nccs1. The third-order valence-corrected chi connectivity index (χ3v) is 9.77. The minimum Gasteiger partial charge on any atom is -0.543 e. The quantitative estimate of drug-likeness (QED) is 0.817. The number of nitrogens with zero attached hydrogens (tertiary/aromatic N) is 1. The van der Waals surface area contributed by atoms with E-state index in [1.165, 1.54) is 11.3 Å². The van der Waals surface area contributed by atoms with Crippen LogP contribution in [-0.2, 0) is 5.60 Å². The van der Waals surface area contributed by atoms with Crippen molar-refractivity contribution in [3.63, 3.8) is 0 Å². The number of aromatic nitrogens is 1. The molecule has 0 fully saturated rings. The molecule has 3 nitrogen and oxygen atoms in total. The van der Waals surface area contributed by atoms with Crippen molar-refractivity contribution in [1.82, 2.24) is 4.98 Å². The maximum absolute atomic E-state index is 10.8. The number of aliphatic hydroxyl groups is 1. The molecule has 1 atom stereocenters. The van der Waals surface area contributed by atoms with E-state index in [1.54, 1.807) is 13.1 Å². The van der Waals surface area contributed by atoms with Crippen LogP contribution in [0.4, 0.5) is 0 Å². The van der Waals surface area contributed by atoms with Gasteiger partial charge in [-0.15, -0.1) is 11.3 Å². The molecule has 0 spiro atoms. The topological polar surface area (TPSA) is 42.4 Å². The first-order valence-corrected chi connectivity index (χ1v) is 11.2. The fourth-order valence-corrected chi connectivity index (χ4v) is 3.64. The Balaban J connectivity index is 2.32. The van der Waals surface area contributed by atoms with Gasteiger partial charge in [-0.2, -0.15) is 0 Å². The molecule has 22 heavy (non-hydrogen) atoms. The summed E-state index contributed by atoms with van der Waals surface area (Å²) in [7, 11) is -1.89. The summed E-state index contributed by atoms with van der Waals surface area (Å²) in [5.74, 6) is 0.820. The summed E-state index contributed by atoms with van der Waals surface area (Å²) >= 11 is 1.45. The highest BCUT2D eigenvalue weighted by Crippen LogP contribution is 2.38. The van der Waals surface area contributed by atoms with E-state index < -0.39 is 13.9 Å². The largest absolute Gasteiger partial charge is 0.543 e. The van der Waals surface area contributed by atoms with Gasteiger partial charge in [0.05, 0.1) is 0 Å². The molecule has 1 N–H and O–H groups in total. The number of hydrogen-bond acceptors (Lipinski definition) is 4. The molecule has 120 valence electrons. The van der Waals surface area contributed by atoms with E-state index in [2.05, 4.69) is 38.8 Å². The van der Waals surface area contributed by atoms with Gasteiger partial charge in [0, 0.05) is 11.6 Å². The maximum atomic E-state index is 10.8. The van der Waals surface area contributed by atoms with Gasteiger partial charge < -0.3 is 9.53 Å². The van der Waals surface area contributed by atoms with Crippen LogP contribution in [-0.4, -0.2) is 18.4 Å². The average molecular weight is 336 g/mol. The van der Waals surface area contributed by atoms with Gasteiger partial charge >= 0.3 is 0 Å². The molecule has 0 radical (unpaired) electrons. The van der Waals surface area contributed by atoms with E-state index >= 15 is 0 Å². The van der Waals surface area contributed by atoms with E-state index in [9.17, 15) is 5.11 Å². The summed E-state index contributed by atoms with van der Waals surface area (Å²) in [6, 6.07) is 7.74. The van der Waals surface area contributed by atoms with E-state index in [1.807, 2.05) is 29.6 Å². The van der Waals surface area contributed by atoms with Gasteiger partial charge in [-0.05, 0) is 42.8 Å². The van der Waals surface area contributed by atoms with Crippen molar-refractivity contribution in [1.29, 1.82) is 0 Å². The van der Waals surface area contributed by atoms with Crippen LogP contribution in [0.1, 0.15) is 38.3 Å². The van der Waals surface area contributed by atoms with E-state index in [0.717, 1.165) is 11.3 Å². The summed E-state index contributed by atoms with van der Waals surface area (Å²) in [5.41, 5.74) is -0.292. The van der Waals surface area contributed by atoms with Gasteiger partial charge in [-0.3, -0.25) is 0 Å². The second-order valence-corrected chi connectivity index (χ2v) is 12.9. The lowest BCUT2D eigenvalue weighted by Crippen LogP contribution is -2.43. The molecule has 1 unspecified atom stereocenters. The first-order valence-electron chi connectivity index (χ1n) is 7.46. The lowest BCUT2D eigenvalue weighted by Gasteiger charge is -2.36.